The predicted molar refractivity (Wildman–Crippen MR) is 162 cm³/mol. The van der Waals surface area contributed by atoms with E-state index in [0.717, 1.165) is 19.8 Å². The van der Waals surface area contributed by atoms with E-state index >= 15 is 0 Å². The van der Waals surface area contributed by atoms with Crippen LogP contribution in [0.4, 0.5) is 0 Å². The first kappa shape index (κ1) is 27.1. The molecule has 0 aliphatic heterocycles. The minimum atomic E-state index is -0.616. The number of hydrogen-bond acceptors (Lipinski definition) is 4. The van der Waals surface area contributed by atoms with Crippen molar-refractivity contribution in [1.29, 1.82) is 0 Å². The van der Waals surface area contributed by atoms with Crippen molar-refractivity contribution in [3.8, 4) is 16.9 Å². The molecule has 0 fully saturated rings. The predicted octanol–water partition coefficient (Wildman–Crippen LogP) is 8.65. The van der Waals surface area contributed by atoms with Crippen LogP contribution in [0.2, 0.25) is 10.0 Å². The van der Waals surface area contributed by atoms with Gasteiger partial charge < -0.3 is 9.72 Å². The number of nitrogens with one attached hydrogen (secondary N) is 2. The van der Waals surface area contributed by atoms with Crippen LogP contribution < -0.4 is 10.2 Å². The number of nitrogens with zero attached hydrogens (tertiary/aromatic N) is 1. The van der Waals surface area contributed by atoms with Crippen molar-refractivity contribution < 1.29 is 14.3 Å². The number of hydrogen-bond donors (Lipinski definition) is 2. The van der Waals surface area contributed by atoms with Crippen molar-refractivity contribution in [2.45, 2.75) is 0 Å². The van der Waals surface area contributed by atoms with Gasteiger partial charge in [0.25, 0.3) is 5.91 Å². The molecule has 5 aromatic rings. The van der Waals surface area contributed by atoms with E-state index in [0.29, 0.717) is 27.4 Å². The third-order valence-corrected chi connectivity index (χ3v) is 7.60. The molecule has 6 nitrogen and oxygen atoms in total. The SMILES string of the molecule is O=C(Oc1ccc(Br)cc1C=NNC(=O)c1[nH]c2c(Br)cccc2c1-c1ccccc1Cl)c1ccccc1Cl. The summed E-state index contributed by atoms with van der Waals surface area (Å²) < 4.78 is 7.11. The van der Waals surface area contributed by atoms with Crippen LogP contribution >= 0.6 is 55.1 Å². The number of aromatic nitrogens is 1. The Kier molecular flexibility index (Phi) is 8.18. The zero-order valence-corrected chi connectivity index (χ0v) is 24.5. The summed E-state index contributed by atoms with van der Waals surface area (Å²) in [4.78, 5) is 29.2. The summed E-state index contributed by atoms with van der Waals surface area (Å²) in [6.45, 7) is 0. The average Bonchev–Trinajstić information content (AvgIpc) is 3.31. The van der Waals surface area contributed by atoms with Gasteiger partial charge in [-0.1, -0.05) is 81.6 Å². The molecule has 0 saturated carbocycles. The Morgan fingerprint density at radius 1 is 0.897 bits per heavy atom. The van der Waals surface area contributed by atoms with E-state index in [2.05, 4.69) is 47.4 Å². The third-order valence-electron chi connectivity index (χ3n) is 5.79. The monoisotopic (exact) mass is 683 g/mol. The van der Waals surface area contributed by atoms with Gasteiger partial charge in [0.1, 0.15) is 11.4 Å². The number of esters is 1. The maximum absolute atomic E-state index is 13.3. The van der Waals surface area contributed by atoms with Gasteiger partial charge in [0.05, 0.1) is 22.3 Å². The number of hydrazone groups is 1. The third kappa shape index (κ3) is 5.79. The first-order valence-electron chi connectivity index (χ1n) is 11.5. The number of rotatable bonds is 6. The quantitative estimate of drug-likeness (QED) is 0.0812. The van der Waals surface area contributed by atoms with Crippen LogP contribution in [0.15, 0.2) is 99.0 Å². The molecular formula is C29H17Br2Cl2N3O3. The molecule has 0 aliphatic carbocycles. The number of fused-ring (bicyclic) bond motifs is 1. The summed E-state index contributed by atoms with van der Waals surface area (Å²) in [6.07, 6.45) is 1.39. The van der Waals surface area contributed by atoms with E-state index in [1.165, 1.54) is 6.21 Å². The van der Waals surface area contributed by atoms with Crippen LogP contribution in [0.25, 0.3) is 22.0 Å². The molecule has 39 heavy (non-hydrogen) atoms. The molecule has 0 aliphatic rings. The maximum Gasteiger partial charge on any atom is 0.345 e. The van der Waals surface area contributed by atoms with Gasteiger partial charge in [-0.05, 0) is 58.4 Å². The minimum absolute atomic E-state index is 0.232. The molecule has 2 N–H and O–H groups in total. The molecule has 0 unspecified atom stereocenters. The van der Waals surface area contributed by atoms with Gasteiger partial charge in [-0.2, -0.15) is 5.10 Å². The van der Waals surface area contributed by atoms with E-state index in [4.69, 9.17) is 27.9 Å². The fourth-order valence-electron chi connectivity index (χ4n) is 4.01. The highest BCUT2D eigenvalue weighted by atomic mass is 79.9. The number of H-pyrrole nitrogens is 1. The van der Waals surface area contributed by atoms with E-state index in [-0.39, 0.29) is 16.3 Å². The van der Waals surface area contributed by atoms with E-state index in [9.17, 15) is 9.59 Å². The zero-order chi connectivity index (χ0) is 27.5. The van der Waals surface area contributed by atoms with Crippen LogP contribution in [0.3, 0.4) is 0 Å². The molecule has 0 spiro atoms. The van der Waals surface area contributed by atoms with Crippen molar-refractivity contribution in [2.75, 3.05) is 0 Å². The molecule has 1 heterocycles. The second-order valence-electron chi connectivity index (χ2n) is 8.27. The van der Waals surface area contributed by atoms with Crippen LogP contribution in [0.5, 0.6) is 5.75 Å². The maximum atomic E-state index is 13.3. The highest BCUT2D eigenvalue weighted by molar-refractivity contribution is 9.11. The molecular weight excluding hydrogens is 669 g/mol. The summed E-state index contributed by atoms with van der Waals surface area (Å²) >= 11 is 19.6. The van der Waals surface area contributed by atoms with E-state index in [1.54, 1.807) is 48.5 Å². The molecule has 5 rings (SSSR count). The number of para-hydroxylation sites is 1. The molecule has 1 amide bonds. The molecule has 0 bridgehead atoms. The van der Waals surface area contributed by atoms with Crippen molar-refractivity contribution in [3.63, 3.8) is 0 Å². The highest BCUT2D eigenvalue weighted by Gasteiger charge is 2.22. The number of carbonyl (C=O) groups is 2. The van der Waals surface area contributed by atoms with Gasteiger partial charge in [0.2, 0.25) is 0 Å². The van der Waals surface area contributed by atoms with Crippen LogP contribution in [-0.4, -0.2) is 23.1 Å². The largest absolute Gasteiger partial charge is 0.422 e. The van der Waals surface area contributed by atoms with Gasteiger partial charge >= 0.3 is 5.97 Å². The average molecular weight is 686 g/mol. The van der Waals surface area contributed by atoms with Crippen molar-refractivity contribution >= 4 is 84.1 Å². The number of benzene rings is 4. The number of ether oxygens (including phenoxy) is 1. The van der Waals surface area contributed by atoms with Gasteiger partial charge in [-0.25, -0.2) is 10.2 Å². The van der Waals surface area contributed by atoms with Crippen molar-refractivity contribution in [3.05, 3.63) is 121 Å². The minimum Gasteiger partial charge on any atom is -0.422 e. The van der Waals surface area contributed by atoms with Crippen LogP contribution in [0.1, 0.15) is 26.4 Å². The lowest BCUT2D eigenvalue weighted by Gasteiger charge is -2.09. The van der Waals surface area contributed by atoms with Gasteiger partial charge in [-0.3, -0.25) is 4.79 Å². The lowest BCUT2D eigenvalue weighted by molar-refractivity contribution is 0.0734. The Morgan fingerprint density at radius 3 is 2.41 bits per heavy atom. The molecule has 0 radical (unpaired) electrons. The Hall–Kier alpha value is -3.43. The summed E-state index contributed by atoms with van der Waals surface area (Å²) in [7, 11) is 0. The zero-order valence-electron chi connectivity index (χ0n) is 19.8. The smallest absolute Gasteiger partial charge is 0.345 e. The molecule has 0 saturated heterocycles. The van der Waals surface area contributed by atoms with E-state index < -0.39 is 11.9 Å². The van der Waals surface area contributed by atoms with Crippen molar-refractivity contribution in [1.82, 2.24) is 10.4 Å². The lowest BCUT2D eigenvalue weighted by atomic mass is 10.0. The highest BCUT2D eigenvalue weighted by Crippen LogP contribution is 2.38. The van der Waals surface area contributed by atoms with Crippen molar-refractivity contribution in [2.24, 2.45) is 5.10 Å². The molecule has 10 heteroatoms. The number of carbonyl (C=O) groups excluding carboxylic acids is 2. The number of amides is 1. The second kappa shape index (κ2) is 11.8. The Morgan fingerprint density at radius 2 is 1.64 bits per heavy atom. The number of halogens is 4. The van der Waals surface area contributed by atoms with Gasteiger partial charge in [0.15, 0.2) is 0 Å². The fraction of sp³-hybridized carbons (Fsp3) is 0. The fourth-order valence-corrected chi connectivity index (χ4v) is 5.29. The Labute approximate surface area is 250 Å². The van der Waals surface area contributed by atoms with E-state index in [1.807, 2.05) is 36.4 Å². The first-order valence-corrected chi connectivity index (χ1v) is 13.8. The molecule has 1 aromatic heterocycles. The van der Waals surface area contributed by atoms with Gasteiger partial charge in [-0.15, -0.1) is 0 Å². The normalized spacial score (nSPS) is 11.2. The second-order valence-corrected chi connectivity index (χ2v) is 10.9. The van der Waals surface area contributed by atoms with Crippen LogP contribution in [0, 0.1) is 0 Å². The molecule has 4 aromatic carbocycles. The molecule has 194 valence electrons. The van der Waals surface area contributed by atoms with Crippen LogP contribution in [-0.2, 0) is 0 Å². The lowest BCUT2D eigenvalue weighted by Crippen LogP contribution is -2.19. The van der Waals surface area contributed by atoms with Gasteiger partial charge in [0, 0.05) is 36.0 Å². The number of aromatic amines is 1. The summed E-state index contributed by atoms with van der Waals surface area (Å²) in [5, 5.41) is 5.75. The summed E-state index contributed by atoms with van der Waals surface area (Å²) in [5.41, 5.74) is 5.65. The first-order chi connectivity index (χ1) is 18.8. The summed E-state index contributed by atoms with van der Waals surface area (Å²) in [5.74, 6) is -0.851. The Balaban J connectivity index is 1.44. The summed E-state index contributed by atoms with van der Waals surface area (Å²) in [6, 6.07) is 24.7. The Bertz CT molecular complexity index is 1770. The molecule has 0 atom stereocenters. The topological polar surface area (TPSA) is 83.5 Å². The standard InChI is InChI=1S/C29H17Br2Cl2N3O3/c30-17-12-13-24(39-29(38)19-7-2-4-11-23(19)33)16(14-17)15-34-36-28(37)27-25(18-6-1-3-10-22(18)32)20-8-5-9-21(31)26(20)35-27/h1-15,35H,(H,36,37).